The number of hydrogen-bond donors (Lipinski definition) is 0. The number of likely N-dealkylation sites (tertiary alicyclic amines) is 1. The van der Waals surface area contributed by atoms with Crippen molar-refractivity contribution >= 4 is 5.91 Å². The predicted molar refractivity (Wildman–Crippen MR) is 82.9 cm³/mol. The lowest BCUT2D eigenvalue weighted by atomic mass is 9.96. The van der Waals surface area contributed by atoms with Gasteiger partial charge in [-0.3, -0.25) is 14.8 Å². The van der Waals surface area contributed by atoms with Crippen molar-refractivity contribution in [2.75, 3.05) is 6.54 Å². The number of aromatic nitrogens is 3. The molecule has 120 valence electrons. The van der Waals surface area contributed by atoms with Crippen molar-refractivity contribution in [3.63, 3.8) is 0 Å². The van der Waals surface area contributed by atoms with Gasteiger partial charge in [0, 0.05) is 24.7 Å². The second-order valence-electron chi connectivity index (χ2n) is 6.38. The Morgan fingerprint density at radius 3 is 3.00 bits per heavy atom. The largest absolute Gasteiger partial charge is 0.360 e. The molecule has 0 radical (unpaired) electrons. The number of carbonyl (C=O) groups excluding carboxylic acids is 1. The Hall–Kier alpha value is -2.24. The zero-order valence-corrected chi connectivity index (χ0v) is 13.3. The Bertz CT molecular complexity index is 740. The van der Waals surface area contributed by atoms with Crippen molar-refractivity contribution in [2.24, 2.45) is 0 Å². The molecule has 0 saturated carbocycles. The average molecular weight is 312 g/mol. The molecule has 0 aromatic carbocycles. The second-order valence-corrected chi connectivity index (χ2v) is 6.38. The molecular formula is C17H20N4O2. The minimum Gasteiger partial charge on any atom is -0.360 e. The van der Waals surface area contributed by atoms with Crippen LogP contribution in [0.2, 0.25) is 0 Å². The lowest BCUT2D eigenvalue weighted by molar-refractivity contribution is 0.0721. The van der Waals surface area contributed by atoms with E-state index in [-0.39, 0.29) is 11.9 Å². The Kier molecular flexibility index (Phi) is 3.59. The normalized spacial score (nSPS) is 20.6. The fourth-order valence-corrected chi connectivity index (χ4v) is 3.65. The third kappa shape index (κ3) is 2.52. The molecule has 3 heterocycles. The van der Waals surface area contributed by atoms with Gasteiger partial charge in [-0.2, -0.15) is 0 Å². The third-order valence-electron chi connectivity index (χ3n) is 4.78. The Labute approximate surface area is 134 Å². The van der Waals surface area contributed by atoms with Gasteiger partial charge in [0.25, 0.3) is 5.91 Å². The van der Waals surface area contributed by atoms with Crippen molar-refractivity contribution < 1.29 is 9.32 Å². The van der Waals surface area contributed by atoms with Crippen molar-refractivity contribution in [3.05, 3.63) is 40.8 Å². The lowest BCUT2D eigenvalue weighted by Gasteiger charge is -2.24. The maximum Gasteiger partial charge on any atom is 0.276 e. The first-order valence-corrected chi connectivity index (χ1v) is 8.31. The van der Waals surface area contributed by atoms with Gasteiger partial charge in [0.15, 0.2) is 5.69 Å². The zero-order valence-electron chi connectivity index (χ0n) is 13.3. The highest BCUT2D eigenvalue weighted by Gasteiger charge is 2.35. The topological polar surface area (TPSA) is 72.1 Å². The van der Waals surface area contributed by atoms with Crippen LogP contribution in [0, 0.1) is 6.92 Å². The minimum absolute atomic E-state index is 0.00848. The summed E-state index contributed by atoms with van der Waals surface area (Å²) in [4.78, 5) is 23.7. The molecule has 23 heavy (non-hydrogen) atoms. The molecular weight excluding hydrogens is 292 g/mol. The molecule has 2 aromatic heterocycles. The highest BCUT2D eigenvalue weighted by molar-refractivity contribution is 5.94. The first-order chi connectivity index (χ1) is 11.2. The number of carbonyl (C=O) groups is 1. The van der Waals surface area contributed by atoms with E-state index in [2.05, 4.69) is 15.1 Å². The van der Waals surface area contributed by atoms with Gasteiger partial charge in [0.05, 0.1) is 23.6 Å². The Morgan fingerprint density at radius 2 is 2.13 bits per heavy atom. The van der Waals surface area contributed by atoms with Crippen LogP contribution in [0.15, 0.2) is 16.9 Å². The first-order valence-electron chi connectivity index (χ1n) is 8.31. The van der Waals surface area contributed by atoms with Crippen LogP contribution in [0.25, 0.3) is 0 Å². The van der Waals surface area contributed by atoms with Crippen LogP contribution in [0.3, 0.4) is 0 Å². The van der Waals surface area contributed by atoms with Crippen LogP contribution in [0.4, 0.5) is 0 Å². The summed E-state index contributed by atoms with van der Waals surface area (Å²) < 4.78 is 5.40. The van der Waals surface area contributed by atoms with E-state index in [1.165, 1.54) is 0 Å². The van der Waals surface area contributed by atoms with Gasteiger partial charge in [-0.25, -0.2) is 0 Å². The maximum atomic E-state index is 13.0. The Balaban J connectivity index is 1.64. The molecule has 1 aliphatic carbocycles. The number of rotatable bonds is 2. The highest BCUT2D eigenvalue weighted by Crippen LogP contribution is 2.33. The van der Waals surface area contributed by atoms with Crippen molar-refractivity contribution in [2.45, 2.75) is 51.5 Å². The van der Waals surface area contributed by atoms with E-state index < -0.39 is 0 Å². The number of hydrogen-bond acceptors (Lipinski definition) is 5. The molecule has 0 bridgehead atoms. The molecule has 0 unspecified atom stereocenters. The Morgan fingerprint density at radius 1 is 1.26 bits per heavy atom. The SMILES string of the molecule is Cc1cncc([C@H]2CCCN2C(=O)c2noc3c2CCCC3)n1. The van der Waals surface area contributed by atoms with Gasteiger partial charge >= 0.3 is 0 Å². The first kappa shape index (κ1) is 14.4. The highest BCUT2D eigenvalue weighted by atomic mass is 16.5. The van der Waals surface area contributed by atoms with Gasteiger partial charge in [0.1, 0.15) is 5.76 Å². The van der Waals surface area contributed by atoms with E-state index in [4.69, 9.17) is 4.52 Å². The maximum absolute atomic E-state index is 13.0. The molecule has 0 spiro atoms. The summed E-state index contributed by atoms with van der Waals surface area (Å²) in [6.07, 6.45) is 9.39. The number of fused-ring (bicyclic) bond motifs is 1. The summed E-state index contributed by atoms with van der Waals surface area (Å²) >= 11 is 0. The summed E-state index contributed by atoms with van der Waals surface area (Å²) in [7, 11) is 0. The quantitative estimate of drug-likeness (QED) is 0.852. The van der Waals surface area contributed by atoms with Crippen molar-refractivity contribution in [1.82, 2.24) is 20.0 Å². The van der Waals surface area contributed by atoms with Gasteiger partial charge < -0.3 is 9.42 Å². The smallest absolute Gasteiger partial charge is 0.276 e. The van der Waals surface area contributed by atoms with Gasteiger partial charge in [-0.15, -0.1) is 0 Å². The lowest BCUT2D eigenvalue weighted by Crippen LogP contribution is -2.32. The van der Waals surface area contributed by atoms with Crippen molar-refractivity contribution in [3.8, 4) is 0 Å². The number of nitrogens with zero attached hydrogens (tertiary/aromatic N) is 4. The van der Waals surface area contributed by atoms with E-state index in [1.807, 2.05) is 11.8 Å². The van der Waals surface area contributed by atoms with Crippen LogP contribution in [0.1, 0.15) is 64.9 Å². The molecule has 1 amide bonds. The fraction of sp³-hybridized carbons (Fsp3) is 0.529. The molecule has 2 aromatic rings. The van der Waals surface area contributed by atoms with E-state index in [1.54, 1.807) is 12.4 Å². The minimum atomic E-state index is -0.0253. The molecule has 4 rings (SSSR count). The predicted octanol–water partition coefficient (Wildman–Crippen LogP) is 2.63. The van der Waals surface area contributed by atoms with Crippen LogP contribution in [-0.2, 0) is 12.8 Å². The van der Waals surface area contributed by atoms with E-state index in [0.29, 0.717) is 5.69 Å². The second kappa shape index (κ2) is 5.76. The summed E-state index contributed by atoms with van der Waals surface area (Å²) in [6.45, 7) is 2.66. The summed E-state index contributed by atoms with van der Waals surface area (Å²) in [6, 6.07) is -0.00848. The third-order valence-corrected chi connectivity index (χ3v) is 4.78. The number of amides is 1. The van der Waals surface area contributed by atoms with E-state index in [0.717, 1.165) is 67.8 Å². The fourth-order valence-electron chi connectivity index (χ4n) is 3.65. The van der Waals surface area contributed by atoms with Gasteiger partial charge in [0.2, 0.25) is 0 Å². The van der Waals surface area contributed by atoms with Crippen LogP contribution < -0.4 is 0 Å². The molecule has 1 fully saturated rings. The van der Waals surface area contributed by atoms with Crippen LogP contribution in [0.5, 0.6) is 0 Å². The van der Waals surface area contributed by atoms with Gasteiger partial charge in [-0.05, 0) is 39.0 Å². The molecule has 6 nitrogen and oxygen atoms in total. The number of aryl methyl sites for hydroxylation is 2. The monoisotopic (exact) mass is 312 g/mol. The molecule has 1 atom stereocenters. The summed E-state index contributed by atoms with van der Waals surface area (Å²) in [5.41, 5.74) is 3.27. The zero-order chi connectivity index (χ0) is 15.8. The molecule has 6 heteroatoms. The van der Waals surface area contributed by atoms with E-state index >= 15 is 0 Å². The molecule has 1 saturated heterocycles. The molecule has 0 N–H and O–H groups in total. The van der Waals surface area contributed by atoms with Gasteiger partial charge in [-0.1, -0.05) is 5.16 Å². The summed E-state index contributed by atoms with van der Waals surface area (Å²) in [5.74, 6) is 0.869. The molecule has 1 aliphatic heterocycles. The molecule has 2 aliphatic rings. The van der Waals surface area contributed by atoms with Crippen molar-refractivity contribution in [1.29, 1.82) is 0 Å². The van der Waals surface area contributed by atoms with Crippen LogP contribution >= 0.6 is 0 Å². The standard InChI is InChI=1S/C17H20N4O2/c1-11-9-18-10-13(19-11)14-6-4-8-21(14)17(22)16-12-5-2-3-7-15(12)23-20-16/h9-10,14H,2-8H2,1H3/t14-/m1/s1. The average Bonchev–Trinajstić information content (AvgIpc) is 3.21. The van der Waals surface area contributed by atoms with Crippen LogP contribution in [-0.4, -0.2) is 32.5 Å². The van der Waals surface area contributed by atoms with E-state index in [9.17, 15) is 4.79 Å². The summed E-state index contributed by atoms with van der Waals surface area (Å²) in [5, 5.41) is 4.09.